The Bertz CT molecular complexity index is 5550. The molecule has 0 saturated carbocycles. The van der Waals surface area contributed by atoms with Crippen molar-refractivity contribution < 1.29 is 126 Å². The van der Waals surface area contributed by atoms with Gasteiger partial charge < -0.3 is 46.1 Å². The molecular formula is C98H114F8N12O19. The molecule has 6 aromatic carbocycles. The summed E-state index contributed by atoms with van der Waals surface area (Å²) in [6.07, 6.45) is 8.32. The van der Waals surface area contributed by atoms with Crippen LogP contribution in [0.1, 0.15) is 270 Å². The molecule has 8 N–H and O–H groups in total. The number of piperidine rings is 2. The van der Waals surface area contributed by atoms with Crippen LogP contribution in [0.25, 0.3) is 0 Å². The van der Waals surface area contributed by atoms with E-state index >= 15 is 0 Å². The van der Waals surface area contributed by atoms with Crippen molar-refractivity contribution in [1.82, 2.24) is 40.0 Å². The largest absolute Gasteiger partial charge is 0.481 e. The molecule has 14 rings (SSSR count). The van der Waals surface area contributed by atoms with Crippen molar-refractivity contribution in [3.8, 4) is 0 Å². The van der Waals surface area contributed by atoms with E-state index in [0.29, 0.717) is 85.6 Å². The van der Waals surface area contributed by atoms with Crippen molar-refractivity contribution in [2.75, 3.05) is 47.9 Å². The number of hydrogen-bond acceptors (Lipinski definition) is 21. The molecule has 2 unspecified atom stereocenters. The van der Waals surface area contributed by atoms with Gasteiger partial charge in [-0.05, 0) is 172 Å². The number of hydrogen-bond donors (Lipinski definition) is 7. The normalized spacial score (nSPS) is 18.9. The van der Waals surface area contributed by atoms with Gasteiger partial charge in [-0.2, -0.15) is 26.3 Å². The molecule has 39 heteroatoms. The Kier molecular flexibility index (Phi) is 35.7. The number of nitrogen functional groups attached to an aromatic ring is 1. The minimum absolute atomic E-state index is 0. The van der Waals surface area contributed by atoms with Crippen LogP contribution in [0.2, 0.25) is 0 Å². The fourth-order valence-corrected chi connectivity index (χ4v) is 17.8. The highest BCUT2D eigenvalue weighted by molar-refractivity contribution is 6.25. The lowest BCUT2D eigenvalue weighted by molar-refractivity contribution is -0.187. The van der Waals surface area contributed by atoms with Crippen LogP contribution >= 0.6 is 0 Å². The first-order valence-corrected chi connectivity index (χ1v) is 45.3. The van der Waals surface area contributed by atoms with E-state index in [1.807, 2.05) is 0 Å². The lowest BCUT2D eigenvalue weighted by atomic mass is 9.94. The zero-order chi connectivity index (χ0) is 97.4. The lowest BCUT2D eigenvalue weighted by Crippen LogP contribution is -2.54. The van der Waals surface area contributed by atoms with E-state index in [1.54, 1.807) is 72.8 Å². The van der Waals surface area contributed by atoms with Crippen LogP contribution < -0.4 is 32.3 Å². The number of unbranched alkanes of at least 4 members (excludes halogenated alkanes) is 16. The molecule has 4 saturated heterocycles. The van der Waals surface area contributed by atoms with Gasteiger partial charge in [0.2, 0.25) is 52.6 Å². The number of nitrogens with two attached hydrogens (primary N) is 1. The predicted octanol–water partition coefficient (Wildman–Crippen LogP) is 15.5. The fourth-order valence-electron chi connectivity index (χ4n) is 17.8. The molecule has 736 valence electrons. The molecule has 0 aromatic heterocycles. The summed E-state index contributed by atoms with van der Waals surface area (Å²) in [7, 11) is 0. The number of amides is 15. The van der Waals surface area contributed by atoms with Gasteiger partial charge in [-0.25, -0.2) is 28.2 Å². The summed E-state index contributed by atoms with van der Waals surface area (Å²) >= 11 is 0. The second kappa shape index (κ2) is 46.3. The van der Waals surface area contributed by atoms with Crippen LogP contribution in [0.3, 0.4) is 0 Å². The van der Waals surface area contributed by atoms with Crippen molar-refractivity contribution in [2.45, 2.75) is 269 Å². The Labute approximate surface area is 786 Å². The molecule has 8 aliphatic rings. The highest BCUT2D eigenvalue weighted by atomic mass is 19.4. The van der Waals surface area contributed by atoms with Gasteiger partial charge in [0.15, 0.2) is 0 Å². The highest BCUT2D eigenvalue weighted by Crippen LogP contribution is 2.48. The quantitative estimate of drug-likeness (QED) is 0.00815. The number of rotatable bonds is 39. The van der Waals surface area contributed by atoms with Crippen LogP contribution in [-0.4, -0.2) is 192 Å². The first-order chi connectivity index (χ1) is 64.3. The molecule has 6 heterocycles. The SMILES string of the molecule is C.C.C[C@H](N(Cc1ccc(F)cc1)C(=O)CN1C(=O)O[C@@]2(CCc3cc(N)ccc32)C1=O)C(F)(F)F.C[C@H](N(Cc1ccc(F)cc1)C(=O)CN1C(=O)O[C@@]2(CCc3cc(NC(=O)CCCCCCCCCCCNc4ccc5c(c4)C(=O)N(C4CCC(=O)NC4=O)C5=O)ccc32)C1=O)C(F)(F)F.O=C(O)CCCCCCCCCCCNc1ccc2c(c1)C(=O)N(C1CCC(=O)NC1=O)C2=O. The van der Waals surface area contributed by atoms with Gasteiger partial charge >= 0.3 is 30.5 Å². The predicted molar refractivity (Wildman–Crippen MR) is 484 cm³/mol. The Morgan fingerprint density at radius 1 is 0.460 bits per heavy atom. The number of aliphatic carboxylic acids is 1. The average molecular weight is 1920 g/mol. The first kappa shape index (κ1) is 106. The van der Waals surface area contributed by atoms with E-state index in [4.69, 9.17) is 20.3 Å². The number of alkyl halides is 6. The Balaban J connectivity index is 0.000000232. The van der Waals surface area contributed by atoms with Crippen LogP contribution in [0.15, 0.2) is 121 Å². The number of imide groups is 6. The molecule has 4 fully saturated rings. The van der Waals surface area contributed by atoms with Gasteiger partial charge in [0, 0.05) is 98.6 Å². The summed E-state index contributed by atoms with van der Waals surface area (Å²) < 4.78 is 120. The van der Waals surface area contributed by atoms with E-state index in [-0.39, 0.29) is 99.1 Å². The minimum atomic E-state index is -4.82. The number of nitrogens with one attached hydrogen (secondary N) is 5. The van der Waals surface area contributed by atoms with Gasteiger partial charge in [-0.15, -0.1) is 0 Å². The molecule has 6 atom stereocenters. The van der Waals surface area contributed by atoms with Gasteiger partial charge in [0.25, 0.3) is 35.4 Å². The number of carbonyl (C=O) groups excluding carboxylic acids is 15. The topological polar surface area (TPSA) is 417 Å². The monoisotopic (exact) mass is 1910 g/mol. The number of aryl methyl sites for hydroxylation is 2. The van der Waals surface area contributed by atoms with Crippen molar-refractivity contribution in [2.24, 2.45) is 0 Å². The van der Waals surface area contributed by atoms with Gasteiger partial charge in [0.05, 0.1) is 22.3 Å². The molecule has 137 heavy (non-hydrogen) atoms. The van der Waals surface area contributed by atoms with Gasteiger partial charge in [-0.3, -0.25) is 87.6 Å². The number of halogens is 8. The zero-order valence-corrected chi connectivity index (χ0v) is 74.5. The smallest absolute Gasteiger partial charge is 0.418 e. The van der Waals surface area contributed by atoms with E-state index in [1.165, 1.54) is 37.1 Å². The number of ether oxygens (including phenoxy) is 2. The Hall–Kier alpha value is -13.5. The highest BCUT2D eigenvalue weighted by Gasteiger charge is 2.61. The summed E-state index contributed by atoms with van der Waals surface area (Å²) in [6.45, 7) is 0.0705. The maximum absolute atomic E-state index is 13.8. The van der Waals surface area contributed by atoms with E-state index in [2.05, 4.69) is 26.6 Å². The van der Waals surface area contributed by atoms with E-state index in [9.17, 15) is 112 Å². The molecule has 6 aromatic rings. The Morgan fingerprint density at radius 2 is 0.818 bits per heavy atom. The minimum Gasteiger partial charge on any atom is -0.481 e. The van der Waals surface area contributed by atoms with Crippen LogP contribution in [0.5, 0.6) is 0 Å². The third kappa shape index (κ3) is 25.4. The molecule has 0 radical (unpaired) electrons. The number of carboxylic acid groups (broad SMARTS) is 1. The molecule has 2 spiro atoms. The number of carboxylic acids is 1. The molecule has 6 aliphatic heterocycles. The van der Waals surface area contributed by atoms with Crippen molar-refractivity contribution >= 4 is 118 Å². The number of nitrogens with zero attached hydrogens (tertiary/aromatic N) is 6. The summed E-state index contributed by atoms with van der Waals surface area (Å²) in [5.41, 5.74) is 8.50. The van der Waals surface area contributed by atoms with Crippen molar-refractivity contribution in [3.63, 3.8) is 0 Å². The van der Waals surface area contributed by atoms with Crippen LogP contribution in [-0.2, 0) is 94.6 Å². The van der Waals surface area contributed by atoms with Crippen molar-refractivity contribution in [3.05, 3.63) is 189 Å². The van der Waals surface area contributed by atoms with Gasteiger partial charge in [0.1, 0.15) is 48.9 Å². The summed E-state index contributed by atoms with van der Waals surface area (Å²) in [4.78, 5) is 205. The summed E-state index contributed by atoms with van der Waals surface area (Å²) in [5.74, 6) is -10.2. The summed E-state index contributed by atoms with van der Waals surface area (Å²) in [5, 5.41) is 22.5. The van der Waals surface area contributed by atoms with Crippen LogP contribution in [0, 0.1) is 11.6 Å². The molecule has 0 bridgehead atoms. The number of carbonyl (C=O) groups is 16. The van der Waals surface area contributed by atoms with Crippen LogP contribution in [0.4, 0.5) is 67.5 Å². The number of anilines is 4. The fraction of sp³-hybridized carbons (Fsp3) is 0.469. The number of fused-ring (bicyclic) bond motifs is 6. The second-order valence-corrected chi connectivity index (χ2v) is 34.8. The maximum Gasteiger partial charge on any atom is 0.418 e. The molecular weight excluding hydrogens is 1800 g/mol. The van der Waals surface area contributed by atoms with Gasteiger partial charge in [-0.1, -0.05) is 141 Å². The maximum atomic E-state index is 13.8. The third-order valence-corrected chi connectivity index (χ3v) is 25.4. The van der Waals surface area contributed by atoms with Crippen molar-refractivity contribution in [1.29, 1.82) is 0 Å². The van der Waals surface area contributed by atoms with E-state index in [0.717, 1.165) is 162 Å². The zero-order valence-electron chi connectivity index (χ0n) is 74.5. The average Bonchev–Trinajstić information content (AvgIpc) is 1.57. The number of benzene rings is 6. The molecule has 15 amide bonds. The third-order valence-electron chi connectivity index (χ3n) is 25.4. The lowest BCUT2D eigenvalue weighted by Gasteiger charge is -2.31. The second-order valence-electron chi connectivity index (χ2n) is 34.8. The summed E-state index contributed by atoms with van der Waals surface area (Å²) in [6, 6.07) is 22.4. The standard InChI is InChI=1S/C48H52F4N6O9.C25H33N3O6.C23H21F4N3O4.2CH4/c1-29(48(50,51)52)56(27-30-12-14-32(49)15-13-30)41(61)28-57-45(65)47(67-46(57)66)23-22-31-25-34(17-19-37(31)47)54-39(59)11-9-7-5-3-2-4-6-8-10-24-53-33-16-18-35-36(26-33)44(64)58(43(35)63)38-20-21-40(60)55-42(38)62;29-21-14-13-20(23(32)27-21)28-24(33)18-12-11-17(16-19(18)25(28)34)26-15-9-7-5-3-1-2-4-6-8-10-22(30)31;1-13(23(25,26)27)29(11-14-2-4-16(24)5-3-14)19(31)12-30-20(32)22(34-21(30)33)9-8-15-10-17(28)6-7-18(15)22;;/h12-19,25-26,29,38,53H,2-11,20-24,27-28H2,1H3,(H,54,59)(H,55,60,62);11-12,16,20,26H,1-10,13-15H2,(H,30,31)(H,27,29,32);2-7,10,13H,8-9,11-12,28H2,1H3;2*1H4/t29-,38?,47+;;13-,22+;;/m0.0../s1. The Morgan fingerprint density at radius 3 is 1.20 bits per heavy atom. The van der Waals surface area contributed by atoms with E-state index < -0.39 is 175 Å². The first-order valence-electron chi connectivity index (χ1n) is 45.3. The molecule has 2 aliphatic carbocycles. The molecule has 31 nitrogen and oxygen atoms in total.